The largest absolute Gasteiger partial charge is 0.311 e. The normalized spacial score (nSPS) is 12.0. The minimum Gasteiger partial charge on any atom is -0.311 e. The second-order valence-electron chi connectivity index (χ2n) is 31.2. The lowest BCUT2D eigenvalue weighted by atomic mass is 9.70. The van der Waals surface area contributed by atoms with Gasteiger partial charge < -0.3 is 29.1 Å². The minimum atomic E-state index is -0.506. The molecule has 1 aromatic heterocycles. The van der Waals surface area contributed by atoms with Crippen LogP contribution in [-0.4, -0.2) is 4.57 Å². The maximum atomic E-state index is 2.50. The van der Waals surface area contributed by atoms with E-state index in [1.165, 1.54) is 72.0 Å². The molecule has 0 atom stereocenters. The average molecular weight is 1550 g/mol. The van der Waals surface area contributed by atoms with Gasteiger partial charge >= 0.3 is 0 Å². The number of benzene rings is 19. The molecular weight excluding hydrogens is 1470 g/mol. The summed E-state index contributed by atoms with van der Waals surface area (Å²) in [5, 5.41) is 2.36. The number of hydrogen-bond donors (Lipinski definition) is 0. The quantitative estimate of drug-likeness (QED) is 0.0802. The molecule has 6 heteroatoms. The standard InChI is InChI=1S/C115H80N6/c1-8-28-81(29-9-1)83-48-55-93(56-49-83)119(100-71-67-98(68-72-100)118(90-38-18-6-19-39-90)97-63-61-95(62-64-97)116(87-32-12-3-13-33-87)88-34-14-4-15-35-88)99-69-65-96(66-70-99)117(89-36-16-5-17-37-89)92-59-52-85(53-60-92)86-54-75-107-108-77-74-102(80-114(108)121(113(107)78-86)91-40-20-7-21-41-91)120(94-57-50-84(51-58-94)82-30-10-2-11-31-82)101-73-76-106-105-44-24-27-47-111(105)115(112(106)79-101)109-45-25-22-42-103(109)104-43-23-26-46-110(104)115/h1-80H. The zero-order valence-electron chi connectivity index (χ0n) is 66.4. The lowest BCUT2D eigenvalue weighted by molar-refractivity contribution is 0.793. The van der Waals surface area contributed by atoms with Crippen molar-refractivity contribution in [3.8, 4) is 61.3 Å². The van der Waals surface area contributed by atoms with Crippen molar-refractivity contribution in [3.63, 3.8) is 0 Å². The van der Waals surface area contributed by atoms with Crippen molar-refractivity contribution < 1.29 is 0 Å². The molecule has 0 fully saturated rings. The van der Waals surface area contributed by atoms with Gasteiger partial charge in [0, 0.05) is 102 Å². The smallest absolute Gasteiger partial charge is 0.0726 e. The Morgan fingerprint density at radius 3 is 0.727 bits per heavy atom. The third-order valence-corrected chi connectivity index (χ3v) is 24.3. The van der Waals surface area contributed by atoms with Gasteiger partial charge in [0.1, 0.15) is 0 Å². The molecule has 0 amide bonds. The highest BCUT2D eigenvalue weighted by molar-refractivity contribution is 6.12. The van der Waals surface area contributed by atoms with Crippen LogP contribution in [0.15, 0.2) is 485 Å². The van der Waals surface area contributed by atoms with Gasteiger partial charge in [0.05, 0.1) is 16.4 Å². The molecule has 0 saturated heterocycles. The highest BCUT2D eigenvalue weighted by Crippen LogP contribution is 2.64. The Kier molecular flexibility index (Phi) is 18.1. The average Bonchev–Trinajstić information content (AvgIpc) is 1.51. The predicted octanol–water partition coefficient (Wildman–Crippen LogP) is 31.5. The van der Waals surface area contributed by atoms with E-state index < -0.39 is 5.41 Å². The summed E-state index contributed by atoms with van der Waals surface area (Å²) >= 11 is 0. The number of fused-ring (bicyclic) bond motifs is 13. The van der Waals surface area contributed by atoms with Gasteiger partial charge in [-0.15, -0.1) is 0 Å². The monoisotopic (exact) mass is 1540 g/mol. The summed E-state index contributed by atoms with van der Waals surface area (Å²) in [6, 6.07) is 177. The van der Waals surface area contributed by atoms with Crippen molar-refractivity contribution in [1.82, 2.24) is 4.57 Å². The third kappa shape index (κ3) is 12.7. The van der Waals surface area contributed by atoms with Crippen LogP contribution in [0.5, 0.6) is 0 Å². The maximum Gasteiger partial charge on any atom is 0.0726 e. The minimum absolute atomic E-state index is 0.506. The number of para-hydroxylation sites is 5. The molecule has 0 aliphatic heterocycles. The van der Waals surface area contributed by atoms with Crippen LogP contribution >= 0.6 is 0 Å². The van der Waals surface area contributed by atoms with Gasteiger partial charge in [-0.25, -0.2) is 0 Å². The van der Waals surface area contributed by atoms with Gasteiger partial charge in [0.2, 0.25) is 0 Å². The Labute approximate surface area is 705 Å². The van der Waals surface area contributed by atoms with Crippen molar-refractivity contribution in [2.45, 2.75) is 5.41 Å². The topological polar surface area (TPSA) is 21.1 Å². The van der Waals surface area contributed by atoms with Crippen LogP contribution in [0.4, 0.5) is 85.3 Å². The van der Waals surface area contributed by atoms with Crippen molar-refractivity contribution in [3.05, 3.63) is 508 Å². The molecule has 1 spiro atoms. The summed E-state index contributed by atoms with van der Waals surface area (Å²) in [4.78, 5) is 11.8. The Hall–Kier alpha value is -16.0. The van der Waals surface area contributed by atoms with Crippen molar-refractivity contribution in [2.24, 2.45) is 0 Å². The molecule has 1 heterocycles. The van der Waals surface area contributed by atoms with Crippen LogP contribution in [-0.2, 0) is 5.41 Å². The van der Waals surface area contributed by atoms with Gasteiger partial charge in [0.25, 0.3) is 0 Å². The molecule has 6 nitrogen and oxygen atoms in total. The van der Waals surface area contributed by atoms with Gasteiger partial charge in [0.15, 0.2) is 0 Å². The van der Waals surface area contributed by atoms with Crippen LogP contribution in [0.25, 0.3) is 83.1 Å². The number of hydrogen-bond acceptors (Lipinski definition) is 5. The summed E-state index contributed by atoms with van der Waals surface area (Å²) < 4.78 is 2.47. The summed E-state index contributed by atoms with van der Waals surface area (Å²) in [7, 11) is 0. The first-order chi connectivity index (χ1) is 60.0. The molecule has 20 aromatic rings. The number of anilines is 15. The molecule has 570 valence electrons. The SMILES string of the molecule is c1ccc(-c2ccc(N(c3ccc(N(c4ccccc4)c4ccc(-c5ccc6c7ccc(N(c8ccc(-c9ccccc9)cc8)c8ccc9c(c8)C8(c%10ccccc%10-c%10ccccc%108)c8ccccc8-9)cc7n(-c7ccccc7)c6c5)cc4)cc3)c3ccc(N(c4ccccc4)c4ccc(N(c5ccccc5)c5ccccc5)cc4)cc3)cc2)cc1. The van der Waals surface area contributed by atoms with Crippen LogP contribution in [0.1, 0.15) is 22.3 Å². The molecule has 2 aliphatic carbocycles. The zero-order chi connectivity index (χ0) is 80.2. The Morgan fingerprint density at radius 1 is 0.149 bits per heavy atom. The van der Waals surface area contributed by atoms with E-state index in [9.17, 15) is 0 Å². The second-order valence-corrected chi connectivity index (χ2v) is 31.2. The van der Waals surface area contributed by atoms with Crippen molar-refractivity contribution in [1.29, 1.82) is 0 Å². The molecule has 0 saturated carbocycles. The fraction of sp³-hybridized carbons (Fsp3) is 0.00870. The van der Waals surface area contributed by atoms with Crippen LogP contribution in [0.3, 0.4) is 0 Å². The molecule has 19 aromatic carbocycles. The zero-order valence-corrected chi connectivity index (χ0v) is 66.4. The lowest BCUT2D eigenvalue weighted by Gasteiger charge is -2.32. The molecule has 0 radical (unpaired) electrons. The summed E-state index contributed by atoms with van der Waals surface area (Å²) in [5.41, 5.74) is 36.0. The van der Waals surface area contributed by atoms with Crippen molar-refractivity contribution in [2.75, 3.05) is 24.5 Å². The molecule has 0 unspecified atom stereocenters. The summed E-state index contributed by atoms with van der Waals surface area (Å²) in [6.45, 7) is 0. The van der Waals surface area contributed by atoms with Gasteiger partial charge in [-0.3, -0.25) is 0 Å². The predicted molar refractivity (Wildman–Crippen MR) is 507 cm³/mol. The van der Waals surface area contributed by atoms with Gasteiger partial charge in [-0.1, -0.05) is 285 Å². The van der Waals surface area contributed by atoms with Crippen LogP contribution in [0.2, 0.25) is 0 Å². The van der Waals surface area contributed by atoms with E-state index in [1.807, 2.05) is 0 Å². The molecule has 2 aliphatic rings. The van der Waals surface area contributed by atoms with E-state index >= 15 is 0 Å². The van der Waals surface area contributed by atoms with E-state index in [0.29, 0.717) is 0 Å². The lowest BCUT2D eigenvalue weighted by Crippen LogP contribution is -2.26. The fourth-order valence-corrected chi connectivity index (χ4v) is 18.9. The van der Waals surface area contributed by atoms with E-state index in [1.54, 1.807) is 0 Å². The summed E-state index contributed by atoms with van der Waals surface area (Å²) in [6.07, 6.45) is 0. The first kappa shape index (κ1) is 71.5. The highest BCUT2D eigenvalue weighted by atomic mass is 15.2. The molecular formula is C115H80N6. The number of aromatic nitrogens is 1. The first-order valence-corrected chi connectivity index (χ1v) is 41.5. The van der Waals surface area contributed by atoms with E-state index in [-0.39, 0.29) is 0 Å². The fourth-order valence-electron chi connectivity index (χ4n) is 18.9. The highest BCUT2D eigenvalue weighted by Gasteiger charge is 2.52. The molecule has 121 heavy (non-hydrogen) atoms. The molecule has 0 bridgehead atoms. The first-order valence-electron chi connectivity index (χ1n) is 41.5. The molecule has 0 N–H and O–H groups in total. The Balaban J connectivity index is 0.610. The Bertz CT molecular complexity index is 7030. The van der Waals surface area contributed by atoms with E-state index in [0.717, 1.165) is 119 Å². The van der Waals surface area contributed by atoms with Gasteiger partial charge in [-0.05, 0) is 278 Å². The summed E-state index contributed by atoms with van der Waals surface area (Å²) in [5.74, 6) is 0. The van der Waals surface area contributed by atoms with Crippen LogP contribution < -0.4 is 24.5 Å². The van der Waals surface area contributed by atoms with Crippen LogP contribution in [0, 0.1) is 0 Å². The van der Waals surface area contributed by atoms with E-state index in [4.69, 9.17) is 0 Å². The van der Waals surface area contributed by atoms with Crippen molar-refractivity contribution >= 4 is 107 Å². The van der Waals surface area contributed by atoms with Gasteiger partial charge in [-0.2, -0.15) is 0 Å². The second kappa shape index (κ2) is 30.6. The number of nitrogens with zero attached hydrogens (tertiary/aromatic N) is 6. The Morgan fingerprint density at radius 2 is 0.372 bits per heavy atom. The number of rotatable bonds is 19. The maximum absolute atomic E-state index is 2.50. The third-order valence-electron chi connectivity index (χ3n) is 24.3. The van der Waals surface area contributed by atoms with E-state index in [2.05, 4.69) is 514 Å². The molecule has 22 rings (SSSR count).